The van der Waals surface area contributed by atoms with Gasteiger partial charge in [-0.25, -0.2) is 0 Å². The lowest BCUT2D eigenvalue weighted by Crippen LogP contribution is -2.25. The minimum atomic E-state index is 0.198. The predicted molar refractivity (Wildman–Crippen MR) is 51.0 cm³/mol. The van der Waals surface area contributed by atoms with Crippen LogP contribution in [0.2, 0.25) is 0 Å². The van der Waals surface area contributed by atoms with Crippen LogP contribution < -0.4 is 22.7 Å². The fourth-order valence-electron chi connectivity index (χ4n) is 0.969. The Morgan fingerprint density at radius 1 is 1.38 bits per heavy atom. The average molecular weight is 183 g/mol. The van der Waals surface area contributed by atoms with Crippen molar-refractivity contribution in [2.24, 2.45) is 4.99 Å². The number of hydrogen-bond acceptors (Lipinski definition) is 5. The van der Waals surface area contributed by atoms with Crippen LogP contribution in [0.15, 0.2) is 11.2 Å². The normalized spacial score (nSPS) is 11.9. The maximum absolute atomic E-state index is 9.34. The van der Waals surface area contributed by atoms with Gasteiger partial charge in [0.05, 0.1) is 17.6 Å². The van der Waals surface area contributed by atoms with Crippen molar-refractivity contribution in [1.82, 2.24) is 4.73 Å². The van der Waals surface area contributed by atoms with Crippen molar-refractivity contribution < 1.29 is 5.21 Å². The molecule has 1 heterocycles. The molecule has 0 fully saturated rings. The lowest BCUT2D eigenvalue weighted by Gasteiger charge is -2.07. The van der Waals surface area contributed by atoms with Crippen LogP contribution >= 0.6 is 0 Å². The molecule has 0 aliphatic rings. The molecule has 72 valence electrons. The quantitative estimate of drug-likeness (QED) is 0.435. The van der Waals surface area contributed by atoms with Crippen molar-refractivity contribution >= 4 is 17.1 Å². The molecule has 0 aliphatic heterocycles. The van der Waals surface area contributed by atoms with Gasteiger partial charge in [0.1, 0.15) is 5.69 Å². The lowest BCUT2D eigenvalue weighted by molar-refractivity contribution is 0.173. The predicted octanol–water partition coefficient (Wildman–Crippen LogP) is -0.607. The van der Waals surface area contributed by atoms with Gasteiger partial charge in [0, 0.05) is 6.54 Å². The molecule has 0 spiro atoms. The smallest absolute Gasteiger partial charge is 0.188 e. The van der Waals surface area contributed by atoms with E-state index in [4.69, 9.17) is 17.2 Å². The van der Waals surface area contributed by atoms with E-state index in [1.54, 1.807) is 0 Å². The van der Waals surface area contributed by atoms with E-state index < -0.39 is 0 Å². The van der Waals surface area contributed by atoms with E-state index in [1.165, 1.54) is 6.20 Å². The van der Waals surface area contributed by atoms with Crippen LogP contribution in [0, 0.1) is 0 Å². The fourth-order valence-corrected chi connectivity index (χ4v) is 0.969. The van der Waals surface area contributed by atoms with Gasteiger partial charge in [0.15, 0.2) is 5.49 Å². The maximum Gasteiger partial charge on any atom is 0.188 e. The summed E-state index contributed by atoms with van der Waals surface area (Å²) in [4.78, 5) is 3.96. The third kappa shape index (κ3) is 1.51. The first-order valence-electron chi connectivity index (χ1n) is 3.83. The third-order valence-electron chi connectivity index (χ3n) is 1.63. The van der Waals surface area contributed by atoms with E-state index >= 15 is 0 Å². The van der Waals surface area contributed by atoms with Crippen molar-refractivity contribution in [1.29, 1.82) is 0 Å². The van der Waals surface area contributed by atoms with Gasteiger partial charge in [0.2, 0.25) is 0 Å². The zero-order valence-electron chi connectivity index (χ0n) is 7.36. The Balaban J connectivity index is 3.54. The largest absolute Gasteiger partial charge is 0.427 e. The third-order valence-corrected chi connectivity index (χ3v) is 1.63. The van der Waals surface area contributed by atoms with Crippen molar-refractivity contribution in [3.63, 3.8) is 0 Å². The first kappa shape index (κ1) is 9.24. The first-order valence-corrected chi connectivity index (χ1v) is 3.83. The molecule has 0 atom stereocenters. The molecule has 1 aromatic heterocycles. The summed E-state index contributed by atoms with van der Waals surface area (Å²) >= 11 is 0. The zero-order chi connectivity index (χ0) is 10.0. The molecule has 0 amide bonds. The fraction of sp³-hybridized carbons (Fsp3) is 0.286. The molecule has 1 rings (SSSR count). The summed E-state index contributed by atoms with van der Waals surface area (Å²) in [7, 11) is 0. The molecular weight excluding hydrogens is 170 g/mol. The summed E-state index contributed by atoms with van der Waals surface area (Å²) in [5.41, 5.74) is 17.5. The molecule has 6 heteroatoms. The second kappa shape index (κ2) is 3.26. The summed E-state index contributed by atoms with van der Waals surface area (Å²) in [6.45, 7) is 2.33. The van der Waals surface area contributed by atoms with Crippen LogP contribution in [-0.2, 0) is 0 Å². The molecule has 0 radical (unpaired) electrons. The summed E-state index contributed by atoms with van der Waals surface area (Å²) in [5, 5.41) is 9.34. The van der Waals surface area contributed by atoms with Gasteiger partial charge in [0.25, 0.3) is 0 Å². The Labute approximate surface area is 75.3 Å². The van der Waals surface area contributed by atoms with Crippen LogP contribution in [0.4, 0.5) is 17.1 Å². The topological polar surface area (TPSA) is 116 Å². The second-order valence-electron chi connectivity index (χ2n) is 2.55. The van der Waals surface area contributed by atoms with Crippen molar-refractivity contribution in [2.45, 2.75) is 6.92 Å². The van der Waals surface area contributed by atoms with Crippen LogP contribution in [0.1, 0.15) is 6.92 Å². The van der Waals surface area contributed by atoms with Crippen molar-refractivity contribution in [2.75, 3.05) is 23.7 Å². The van der Waals surface area contributed by atoms with Crippen molar-refractivity contribution in [3.05, 3.63) is 11.7 Å². The number of nitrogen functional groups attached to an aromatic ring is 3. The SMILES string of the molecule is CCN=c1c(N)c(N)c(N)cn1O. The minimum Gasteiger partial charge on any atom is -0.427 e. The molecule has 0 aliphatic carbocycles. The standard InChI is InChI=1S/C7H13N5O/c1-2-11-7-6(10)5(9)4(8)3-12(7)13/h3,13H,2,8-10H2,1H3. The minimum absolute atomic E-state index is 0.198. The molecule has 7 N–H and O–H groups in total. The lowest BCUT2D eigenvalue weighted by atomic mass is 10.3. The molecule has 0 saturated heterocycles. The van der Waals surface area contributed by atoms with Gasteiger partial charge < -0.3 is 22.4 Å². The highest BCUT2D eigenvalue weighted by Crippen LogP contribution is 2.16. The number of hydrogen-bond donors (Lipinski definition) is 4. The van der Waals surface area contributed by atoms with Gasteiger partial charge in [-0.1, -0.05) is 0 Å². The van der Waals surface area contributed by atoms with Gasteiger partial charge in [-0.15, -0.1) is 0 Å². The Hall–Kier alpha value is -1.85. The second-order valence-corrected chi connectivity index (χ2v) is 2.55. The summed E-state index contributed by atoms with van der Waals surface area (Å²) in [6.07, 6.45) is 1.26. The molecule has 1 aromatic rings. The summed E-state index contributed by atoms with van der Waals surface area (Å²) < 4.78 is 0.768. The van der Waals surface area contributed by atoms with Crippen LogP contribution in [0.3, 0.4) is 0 Å². The molecule has 0 unspecified atom stereocenters. The Bertz CT molecular complexity index is 381. The van der Waals surface area contributed by atoms with E-state index in [1.807, 2.05) is 6.92 Å². The number of nitrogens with zero attached hydrogens (tertiary/aromatic N) is 2. The molecule has 13 heavy (non-hydrogen) atoms. The zero-order valence-corrected chi connectivity index (χ0v) is 7.36. The molecule has 0 saturated carbocycles. The highest BCUT2D eigenvalue weighted by Gasteiger charge is 2.05. The van der Waals surface area contributed by atoms with Gasteiger partial charge >= 0.3 is 0 Å². The van der Waals surface area contributed by atoms with E-state index in [0.29, 0.717) is 6.54 Å². The number of pyridine rings is 1. The molecule has 0 aromatic carbocycles. The van der Waals surface area contributed by atoms with Crippen LogP contribution in [0.25, 0.3) is 0 Å². The van der Waals surface area contributed by atoms with Gasteiger partial charge in [-0.2, -0.15) is 4.73 Å². The molecule has 6 nitrogen and oxygen atoms in total. The highest BCUT2D eigenvalue weighted by atomic mass is 16.5. The number of rotatable bonds is 1. The highest BCUT2D eigenvalue weighted by molar-refractivity contribution is 5.75. The van der Waals surface area contributed by atoms with Crippen LogP contribution in [-0.4, -0.2) is 16.5 Å². The Morgan fingerprint density at radius 2 is 2.00 bits per heavy atom. The van der Waals surface area contributed by atoms with Crippen LogP contribution in [0.5, 0.6) is 0 Å². The summed E-state index contributed by atoms with van der Waals surface area (Å²) in [6, 6.07) is 0. The van der Waals surface area contributed by atoms with Crippen molar-refractivity contribution in [3.8, 4) is 0 Å². The first-order chi connectivity index (χ1) is 6.07. The van der Waals surface area contributed by atoms with E-state index in [-0.39, 0.29) is 22.5 Å². The molecular formula is C7H13N5O. The number of nitrogens with two attached hydrogens (primary N) is 3. The summed E-state index contributed by atoms with van der Waals surface area (Å²) in [5.74, 6) is 0. The maximum atomic E-state index is 9.34. The number of anilines is 3. The van der Waals surface area contributed by atoms with Gasteiger partial charge in [-0.05, 0) is 6.92 Å². The Kier molecular flexibility index (Phi) is 2.32. The van der Waals surface area contributed by atoms with E-state index in [2.05, 4.69) is 4.99 Å². The monoisotopic (exact) mass is 183 g/mol. The van der Waals surface area contributed by atoms with E-state index in [9.17, 15) is 5.21 Å². The average Bonchev–Trinajstić information content (AvgIpc) is 2.09. The van der Waals surface area contributed by atoms with Gasteiger partial charge in [-0.3, -0.25) is 4.99 Å². The number of aromatic nitrogens is 1. The van der Waals surface area contributed by atoms with E-state index in [0.717, 1.165) is 4.73 Å². The molecule has 0 bridgehead atoms. The Morgan fingerprint density at radius 3 is 2.54 bits per heavy atom.